The van der Waals surface area contributed by atoms with Crippen LogP contribution in [0.3, 0.4) is 0 Å². The number of nitrogen functional groups attached to an aromatic ring is 1. The molecule has 10 nitrogen and oxygen atoms in total. The van der Waals surface area contributed by atoms with Gasteiger partial charge < -0.3 is 10.8 Å². The number of anilines is 1. The number of nitrogens with zero attached hydrogens (tertiary/aromatic N) is 2. The molecule has 1 aromatic heterocycles. The Balaban J connectivity index is 1.66. The number of carboxylic acid groups (broad SMARTS) is 1. The Bertz CT molecular complexity index is 824. The molecule has 0 aliphatic carbocycles. The zero-order valence-corrected chi connectivity index (χ0v) is 16.0. The van der Waals surface area contributed by atoms with E-state index in [0.717, 1.165) is 16.3 Å². The Hall–Kier alpha value is -1.46. The average Bonchev–Trinajstić information content (AvgIpc) is 2.91. The van der Waals surface area contributed by atoms with Gasteiger partial charge in [-0.1, -0.05) is 6.92 Å². The molecule has 0 bridgehead atoms. The summed E-state index contributed by atoms with van der Waals surface area (Å²) in [6, 6.07) is 1.38. The highest BCUT2D eigenvalue weighted by Gasteiger charge is 2.54. The lowest BCUT2D eigenvalue weighted by Crippen LogP contribution is -2.38. The number of rotatable bonds is 6. The van der Waals surface area contributed by atoms with E-state index in [1.807, 2.05) is 0 Å². The number of nitrogens with two attached hydrogens (primary N) is 1. The number of thioether (sulfide) groups is 1. The number of phosphoric acid groups is 1. The fourth-order valence-corrected chi connectivity index (χ4v) is 5.75. The zero-order valence-electron chi connectivity index (χ0n) is 14.3. The molecule has 0 aromatic carbocycles. The summed E-state index contributed by atoms with van der Waals surface area (Å²) in [5.74, 6) is -1.68. The summed E-state index contributed by atoms with van der Waals surface area (Å²) >= 11 is 1.11. The maximum absolute atomic E-state index is 14.9. The maximum atomic E-state index is 14.9. The van der Waals surface area contributed by atoms with Crippen molar-refractivity contribution >= 4 is 31.4 Å². The first-order valence-electron chi connectivity index (χ1n) is 8.15. The number of hydrogen-bond acceptors (Lipinski definition) is 9. The van der Waals surface area contributed by atoms with E-state index in [4.69, 9.17) is 24.4 Å². The molecule has 0 spiro atoms. The van der Waals surface area contributed by atoms with Crippen LogP contribution in [0.15, 0.2) is 17.1 Å². The first kappa shape index (κ1) is 20.3. The van der Waals surface area contributed by atoms with Crippen molar-refractivity contribution in [2.45, 2.75) is 36.2 Å². The molecule has 1 unspecified atom stereocenters. The average molecular weight is 423 g/mol. The van der Waals surface area contributed by atoms with Gasteiger partial charge in [0.1, 0.15) is 17.3 Å². The summed E-state index contributed by atoms with van der Waals surface area (Å²) in [5.41, 5.74) is 4.74. The molecule has 0 radical (unpaired) electrons. The van der Waals surface area contributed by atoms with Gasteiger partial charge in [-0.15, -0.1) is 11.8 Å². The molecular weight excluding hydrogens is 404 g/mol. The molecule has 3 N–H and O–H groups in total. The lowest BCUT2D eigenvalue weighted by Gasteiger charge is -2.31. The number of carbonyl (C=O) groups is 1. The van der Waals surface area contributed by atoms with Gasteiger partial charge in [0, 0.05) is 6.20 Å². The van der Waals surface area contributed by atoms with Gasteiger partial charge in [-0.2, -0.15) is 4.98 Å². The lowest BCUT2D eigenvalue weighted by atomic mass is 10.1. The van der Waals surface area contributed by atoms with Crippen molar-refractivity contribution in [3.8, 4) is 0 Å². The van der Waals surface area contributed by atoms with E-state index in [0.29, 0.717) is 0 Å². The number of aromatic nitrogens is 2. The van der Waals surface area contributed by atoms with Crippen LogP contribution in [0, 0.1) is 5.92 Å². The van der Waals surface area contributed by atoms with Crippen LogP contribution in [0.5, 0.6) is 0 Å². The molecule has 3 rings (SSSR count). The van der Waals surface area contributed by atoms with Gasteiger partial charge in [0.05, 0.1) is 24.4 Å². The van der Waals surface area contributed by atoms with E-state index in [1.165, 1.54) is 19.2 Å². The molecule has 13 heteroatoms. The molecule has 1 aromatic rings. The van der Waals surface area contributed by atoms with E-state index in [1.54, 1.807) is 0 Å². The van der Waals surface area contributed by atoms with Crippen LogP contribution in [-0.2, 0) is 22.9 Å². The number of halogens is 1. The van der Waals surface area contributed by atoms with E-state index in [9.17, 15) is 18.5 Å². The minimum Gasteiger partial charge on any atom is -0.481 e. The molecule has 6 atom stereocenters. The Labute approximate surface area is 157 Å². The standard InChI is InChI=1S/C14H19FN3O7PS/c1-7(13(19)20)3-5-23-26(22)24-6-8-11(25-26)10(15)12(27-8)18-4-2-9(16)17-14(18)21/h2,4,7-8,10-12H,3,5-6H2,1H3,(H,19,20)(H2,16,17,21)/t7?,8-,10+,11-,12-,26+/m1/s1. The number of phosphoric ester groups is 1. The van der Waals surface area contributed by atoms with Crippen LogP contribution >= 0.6 is 19.6 Å². The highest BCUT2D eigenvalue weighted by Crippen LogP contribution is 2.60. The fraction of sp³-hybridized carbons (Fsp3) is 0.643. The van der Waals surface area contributed by atoms with Gasteiger partial charge in [-0.3, -0.25) is 22.9 Å². The van der Waals surface area contributed by atoms with Gasteiger partial charge in [0.2, 0.25) is 0 Å². The summed E-state index contributed by atoms with van der Waals surface area (Å²) in [6.45, 7) is 1.22. The molecule has 2 aliphatic heterocycles. The van der Waals surface area contributed by atoms with Gasteiger partial charge in [0.25, 0.3) is 0 Å². The molecule has 2 aliphatic rings. The van der Waals surface area contributed by atoms with Crippen molar-refractivity contribution in [2.75, 3.05) is 18.9 Å². The minimum absolute atomic E-state index is 0.0279. The summed E-state index contributed by atoms with van der Waals surface area (Å²) < 4.78 is 44.1. The second-order valence-electron chi connectivity index (χ2n) is 6.23. The van der Waals surface area contributed by atoms with Crippen LogP contribution in [0.2, 0.25) is 0 Å². The molecule has 27 heavy (non-hydrogen) atoms. The molecule has 0 saturated carbocycles. The number of fused-ring (bicyclic) bond motifs is 1. The van der Waals surface area contributed by atoms with Crippen molar-refractivity contribution in [2.24, 2.45) is 5.92 Å². The molecule has 2 fully saturated rings. The lowest BCUT2D eigenvalue weighted by molar-refractivity contribution is -0.141. The minimum atomic E-state index is -4.01. The van der Waals surface area contributed by atoms with Gasteiger partial charge in [0.15, 0.2) is 6.17 Å². The quantitative estimate of drug-likeness (QED) is 0.645. The summed E-state index contributed by atoms with van der Waals surface area (Å²) in [5, 5.41) is 7.42. The zero-order chi connectivity index (χ0) is 19.8. The molecule has 0 amide bonds. The first-order chi connectivity index (χ1) is 12.7. The van der Waals surface area contributed by atoms with Crippen molar-refractivity contribution in [3.05, 3.63) is 22.7 Å². The van der Waals surface area contributed by atoms with E-state index >= 15 is 0 Å². The summed E-state index contributed by atoms with van der Waals surface area (Å²) in [4.78, 5) is 26.3. The second-order valence-corrected chi connectivity index (χ2v) is 9.21. The number of hydrogen-bond donors (Lipinski definition) is 2. The van der Waals surface area contributed by atoms with E-state index < -0.39 is 48.3 Å². The maximum Gasteiger partial charge on any atom is 0.475 e. The predicted molar refractivity (Wildman–Crippen MR) is 94.0 cm³/mol. The SMILES string of the molecule is CC(CCO[P@@]1(=O)OC[C@H]2S[C@@H](n3ccc(N)nc3=O)[C@@H](F)[C@@H]2O1)C(=O)O. The first-order valence-corrected chi connectivity index (χ1v) is 10.5. The van der Waals surface area contributed by atoms with Gasteiger partial charge >= 0.3 is 19.5 Å². The Morgan fingerprint density at radius 3 is 3.07 bits per heavy atom. The van der Waals surface area contributed by atoms with Crippen LogP contribution < -0.4 is 11.4 Å². The predicted octanol–water partition coefficient (Wildman–Crippen LogP) is 1.43. The Morgan fingerprint density at radius 2 is 2.41 bits per heavy atom. The van der Waals surface area contributed by atoms with Crippen LogP contribution in [0.4, 0.5) is 10.2 Å². The summed E-state index contributed by atoms with van der Waals surface area (Å²) in [6.07, 6.45) is -1.30. The van der Waals surface area contributed by atoms with Crippen molar-refractivity contribution in [1.82, 2.24) is 9.55 Å². The van der Waals surface area contributed by atoms with Crippen molar-refractivity contribution in [3.63, 3.8) is 0 Å². The van der Waals surface area contributed by atoms with Gasteiger partial charge in [-0.05, 0) is 12.5 Å². The Morgan fingerprint density at radius 1 is 1.67 bits per heavy atom. The van der Waals surface area contributed by atoms with E-state index in [2.05, 4.69) is 4.98 Å². The van der Waals surface area contributed by atoms with Gasteiger partial charge in [-0.25, -0.2) is 13.8 Å². The molecule has 2 saturated heterocycles. The number of alkyl halides is 1. The second kappa shape index (κ2) is 7.88. The third-order valence-electron chi connectivity index (χ3n) is 4.26. The molecular formula is C14H19FN3O7PS. The Kier molecular flexibility index (Phi) is 5.92. The van der Waals surface area contributed by atoms with Crippen molar-refractivity contribution < 1.29 is 32.4 Å². The topological polar surface area (TPSA) is 143 Å². The highest BCUT2D eigenvalue weighted by atomic mass is 32.2. The number of aliphatic carboxylic acids is 1. The molecule has 3 heterocycles. The van der Waals surface area contributed by atoms with Crippen LogP contribution in [0.25, 0.3) is 0 Å². The summed E-state index contributed by atoms with van der Waals surface area (Å²) in [7, 11) is -4.01. The third kappa shape index (κ3) is 4.35. The van der Waals surface area contributed by atoms with E-state index in [-0.39, 0.29) is 25.5 Å². The van der Waals surface area contributed by atoms with Crippen LogP contribution in [-0.4, -0.2) is 51.4 Å². The smallest absolute Gasteiger partial charge is 0.475 e. The highest BCUT2D eigenvalue weighted by molar-refractivity contribution is 8.00. The normalized spacial score (nSPS) is 34.1. The monoisotopic (exact) mass is 423 g/mol. The third-order valence-corrected chi connectivity index (χ3v) is 7.25. The number of carboxylic acids is 1. The fourth-order valence-electron chi connectivity index (χ4n) is 2.67. The molecule has 150 valence electrons. The van der Waals surface area contributed by atoms with Crippen molar-refractivity contribution in [1.29, 1.82) is 0 Å². The largest absolute Gasteiger partial charge is 0.481 e. The van der Waals surface area contributed by atoms with Crippen LogP contribution in [0.1, 0.15) is 18.7 Å².